The lowest BCUT2D eigenvalue weighted by Gasteiger charge is -2.29. The highest BCUT2D eigenvalue weighted by molar-refractivity contribution is 7.22. The monoisotopic (exact) mass is 616 g/mol. The first-order valence-corrected chi connectivity index (χ1v) is 16.7. The van der Waals surface area contributed by atoms with Gasteiger partial charge in [-0.25, -0.2) is 9.97 Å². The summed E-state index contributed by atoms with van der Waals surface area (Å²) in [6.07, 6.45) is 3.01. The van der Waals surface area contributed by atoms with E-state index in [1.165, 1.54) is 20.7 Å². The second kappa shape index (κ2) is 13.8. The van der Waals surface area contributed by atoms with Crippen molar-refractivity contribution in [3.8, 4) is 16.6 Å². The van der Waals surface area contributed by atoms with E-state index in [9.17, 15) is 4.79 Å². The van der Waals surface area contributed by atoms with E-state index >= 15 is 0 Å². The SMILES string of the molecule is CC(C)N1CCC(=O)CC1.CN1CCc2c(sc(N)c2-c2nc3ccccc3s2)C1.N#CCc1nc2ccccc2s1. The molecule has 0 aliphatic carbocycles. The van der Waals surface area contributed by atoms with Crippen molar-refractivity contribution in [3.05, 3.63) is 64.0 Å². The molecule has 2 aromatic carbocycles. The maximum Gasteiger partial charge on any atom is 0.135 e. The van der Waals surface area contributed by atoms with Gasteiger partial charge in [0.2, 0.25) is 0 Å². The zero-order valence-electron chi connectivity index (χ0n) is 24.3. The van der Waals surface area contributed by atoms with Crippen molar-refractivity contribution in [2.45, 2.75) is 52.1 Å². The van der Waals surface area contributed by atoms with E-state index < -0.39 is 0 Å². The fraction of sp³-hybridized carbons (Fsp3) is 0.375. The molecule has 10 heteroatoms. The van der Waals surface area contributed by atoms with Crippen LogP contribution in [0.25, 0.3) is 31.0 Å². The molecule has 0 unspecified atom stereocenters. The first-order valence-electron chi connectivity index (χ1n) is 14.2. The molecular weight excluding hydrogens is 581 g/mol. The van der Waals surface area contributed by atoms with Crippen LogP contribution < -0.4 is 5.73 Å². The summed E-state index contributed by atoms with van der Waals surface area (Å²) in [6, 6.07) is 18.9. The smallest absolute Gasteiger partial charge is 0.135 e. The van der Waals surface area contributed by atoms with Crippen LogP contribution in [-0.4, -0.2) is 58.3 Å². The molecule has 0 atom stereocenters. The fourth-order valence-electron chi connectivity index (χ4n) is 5.12. The number of nitrogens with zero attached hydrogens (tertiary/aromatic N) is 5. The summed E-state index contributed by atoms with van der Waals surface area (Å²) in [5.41, 5.74) is 11.0. The lowest BCUT2D eigenvalue weighted by molar-refractivity contribution is -0.121. The van der Waals surface area contributed by atoms with Gasteiger partial charge in [0.15, 0.2) is 0 Å². The highest BCUT2D eigenvalue weighted by Crippen LogP contribution is 2.43. The molecule has 2 aliphatic rings. The molecule has 0 saturated carbocycles. The molecule has 1 saturated heterocycles. The number of rotatable bonds is 3. The third kappa shape index (κ3) is 7.22. The number of thiazole rings is 2. The van der Waals surface area contributed by atoms with E-state index in [0.717, 1.165) is 76.2 Å². The van der Waals surface area contributed by atoms with Crippen LogP contribution in [0.1, 0.15) is 42.1 Å². The maximum absolute atomic E-state index is 10.8. The van der Waals surface area contributed by atoms with Crippen molar-refractivity contribution >= 4 is 65.2 Å². The number of carbonyl (C=O) groups excluding carboxylic acids is 1. The van der Waals surface area contributed by atoms with E-state index in [0.29, 0.717) is 18.2 Å². The van der Waals surface area contributed by atoms with Gasteiger partial charge >= 0.3 is 0 Å². The quantitative estimate of drug-likeness (QED) is 0.233. The van der Waals surface area contributed by atoms with Crippen molar-refractivity contribution in [1.82, 2.24) is 19.8 Å². The minimum atomic E-state index is 0.416. The van der Waals surface area contributed by atoms with Gasteiger partial charge in [-0.3, -0.25) is 4.79 Å². The molecule has 5 aromatic rings. The fourth-order valence-corrected chi connectivity index (χ4v) is 8.34. The van der Waals surface area contributed by atoms with Gasteiger partial charge in [-0.2, -0.15) is 5.26 Å². The van der Waals surface area contributed by atoms with E-state index in [1.54, 1.807) is 34.0 Å². The van der Waals surface area contributed by atoms with Crippen molar-refractivity contribution < 1.29 is 4.79 Å². The van der Waals surface area contributed by atoms with Crippen molar-refractivity contribution in [1.29, 1.82) is 5.26 Å². The second-order valence-electron chi connectivity index (χ2n) is 10.8. The summed E-state index contributed by atoms with van der Waals surface area (Å²) < 4.78 is 2.39. The predicted molar refractivity (Wildman–Crippen MR) is 177 cm³/mol. The Morgan fingerprint density at radius 2 is 1.57 bits per heavy atom. The number of para-hydroxylation sites is 2. The summed E-state index contributed by atoms with van der Waals surface area (Å²) >= 11 is 5.06. The number of ketones is 1. The molecule has 7 nitrogen and oxygen atoms in total. The number of aromatic nitrogens is 2. The standard InChI is InChI=1S/C15H15N3S2.C9H6N2S.C8H15NO/c1-18-7-6-9-12(8-18)19-14(16)13(9)15-17-10-4-2-3-5-11(10)20-15;10-6-5-9-11-7-3-1-2-4-8(7)12-9;1-7(2)9-5-3-8(10)4-6-9/h2-5H,6-8,16H2,1H3;1-4H,5H2;7H,3-6H2,1-2H3. The van der Waals surface area contributed by atoms with Gasteiger partial charge in [0, 0.05) is 55.5 Å². The number of fused-ring (bicyclic) bond motifs is 3. The molecule has 218 valence electrons. The largest absolute Gasteiger partial charge is 0.390 e. The minimum Gasteiger partial charge on any atom is -0.390 e. The Balaban J connectivity index is 0.000000137. The van der Waals surface area contributed by atoms with Crippen LogP contribution in [0.2, 0.25) is 0 Å². The maximum atomic E-state index is 10.8. The van der Waals surface area contributed by atoms with Gasteiger partial charge in [0.25, 0.3) is 0 Å². The van der Waals surface area contributed by atoms with Gasteiger partial charge < -0.3 is 15.5 Å². The number of hydrogen-bond acceptors (Lipinski definition) is 10. The van der Waals surface area contributed by atoms with Crippen molar-refractivity contribution in [2.75, 3.05) is 32.4 Å². The van der Waals surface area contributed by atoms with E-state index in [1.807, 2.05) is 30.3 Å². The number of piperidine rings is 1. The Labute approximate surface area is 259 Å². The highest BCUT2D eigenvalue weighted by atomic mass is 32.1. The Morgan fingerprint density at radius 1 is 0.929 bits per heavy atom. The zero-order chi connectivity index (χ0) is 29.6. The molecule has 3 aromatic heterocycles. The van der Waals surface area contributed by atoms with Gasteiger partial charge in [-0.15, -0.1) is 34.0 Å². The topological polar surface area (TPSA) is 99.1 Å². The number of Topliss-reactive ketones (excluding diaryl/α,β-unsaturated/α-hetero) is 1. The molecule has 0 radical (unpaired) electrons. The Bertz CT molecular complexity index is 1640. The van der Waals surface area contributed by atoms with E-state index in [-0.39, 0.29) is 0 Å². The third-order valence-electron chi connectivity index (χ3n) is 7.44. The van der Waals surface area contributed by atoms with Crippen LogP contribution in [0, 0.1) is 11.3 Å². The van der Waals surface area contributed by atoms with Crippen molar-refractivity contribution in [2.24, 2.45) is 0 Å². The van der Waals surface area contributed by atoms with Crippen LogP contribution in [0.3, 0.4) is 0 Å². The van der Waals surface area contributed by atoms with Gasteiger partial charge in [-0.1, -0.05) is 24.3 Å². The number of hydrogen-bond donors (Lipinski definition) is 1. The number of nitrogens with two attached hydrogens (primary N) is 1. The lowest BCUT2D eigenvalue weighted by Crippen LogP contribution is -2.38. The Kier molecular flexibility index (Phi) is 9.98. The van der Waals surface area contributed by atoms with Crippen LogP contribution in [0.5, 0.6) is 0 Å². The van der Waals surface area contributed by atoms with E-state index in [4.69, 9.17) is 16.0 Å². The van der Waals surface area contributed by atoms with E-state index in [2.05, 4.69) is 59.9 Å². The van der Waals surface area contributed by atoms with Gasteiger partial charge in [0.1, 0.15) is 15.8 Å². The number of nitrogen functional groups attached to an aromatic ring is 1. The Morgan fingerprint density at radius 3 is 2.19 bits per heavy atom. The second-order valence-corrected chi connectivity index (χ2v) is 14.1. The number of likely N-dealkylation sites (tertiary alicyclic amines) is 1. The molecule has 7 rings (SSSR count). The minimum absolute atomic E-state index is 0.416. The average molecular weight is 617 g/mol. The third-order valence-corrected chi connectivity index (χ3v) is 10.6. The molecule has 0 spiro atoms. The molecule has 42 heavy (non-hydrogen) atoms. The molecule has 1 fully saturated rings. The molecule has 2 N–H and O–H groups in total. The average Bonchev–Trinajstić information content (AvgIpc) is 3.67. The summed E-state index contributed by atoms with van der Waals surface area (Å²) in [5, 5.41) is 11.4. The molecule has 0 bridgehead atoms. The first-order chi connectivity index (χ1) is 20.3. The number of likely N-dealkylation sites (N-methyl/N-ethyl adjacent to an activating group) is 1. The van der Waals surface area contributed by atoms with Crippen LogP contribution >= 0.6 is 34.0 Å². The number of benzene rings is 2. The lowest BCUT2D eigenvalue weighted by atomic mass is 10.0. The number of thiophene rings is 1. The zero-order valence-corrected chi connectivity index (χ0v) is 26.7. The van der Waals surface area contributed by atoms with Crippen LogP contribution in [-0.2, 0) is 24.2 Å². The number of anilines is 1. The highest BCUT2D eigenvalue weighted by Gasteiger charge is 2.24. The van der Waals surface area contributed by atoms with Crippen LogP contribution in [0.4, 0.5) is 5.00 Å². The first kappa shape index (κ1) is 30.3. The molecule has 5 heterocycles. The summed E-state index contributed by atoms with van der Waals surface area (Å²) in [4.78, 5) is 26.0. The summed E-state index contributed by atoms with van der Waals surface area (Å²) in [5.74, 6) is 0.428. The van der Waals surface area contributed by atoms with Crippen molar-refractivity contribution in [3.63, 3.8) is 0 Å². The molecular formula is C32H36N6OS3. The Hall–Kier alpha value is -3.20. The van der Waals surface area contributed by atoms with Gasteiger partial charge in [-0.05, 0) is 57.1 Å². The summed E-state index contributed by atoms with van der Waals surface area (Å²) in [7, 11) is 2.16. The molecule has 0 amide bonds. The predicted octanol–water partition coefficient (Wildman–Crippen LogP) is 7.02. The van der Waals surface area contributed by atoms with Crippen LogP contribution in [0.15, 0.2) is 48.5 Å². The molecule has 2 aliphatic heterocycles. The van der Waals surface area contributed by atoms with Gasteiger partial charge in [0.05, 0.1) is 37.9 Å². The normalized spacial score (nSPS) is 15.5. The summed E-state index contributed by atoms with van der Waals surface area (Å²) in [6.45, 7) is 8.40. The number of nitriles is 1. The number of carbonyl (C=O) groups is 1.